The molecule has 0 atom stereocenters. The van der Waals surface area contributed by atoms with Gasteiger partial charge in [-0.3, -0.25) is 0 Å². The largest absolute Gasteiger partial charge is 0.341 e. The first-order chi connectivity index (χ1) is 9.71. The lowest BCUT2D eigenvalue weighted by Gasteiger charge is -2.26. The van der Waals surface area contributed by atoms with E-state index in [-0.39, 0.29) is 5.82 Å². The molecule has 2 N–H and O–H groups in total. The van der Waals surface area contributed by atoms with Crippen LogP contribution in [-0.4, -0.2) is 12.8 Å². The summed E-state index contributed by atoms with van der Waals surface area (Å²) in [6.45, 7) is 3.37. The zero-order chi connectivity index (χ0) is 14.5. The summed E-state index contributed by atoms with van der Waals surface area (Å²) in [5, 5.41) is 0. The van der Waals surface area contributed by atoms with Crippen LogP contribution in [0.3, 0.4) is 0 Å². The molecule has 0 radical (unpaired) electrons. The van der Waals surface area contributed by atoms with E-state index < -0.39 is 0 Å². The number of hydrogen-bond acceptors (Lipinski definition) is 3. The van der Waals surface area contributed by atoms with Gasteiger partial charge in [-0.1, -0.05) is 6.07 Å². The average Bonchev–Trinajstić information content (AvgIpc) is 2.49. The normalized spacial score (nSPS) is 10.6. The molecule has 0 heterocycles. The van der Waals surface area contributed by atoms with E-state index in [2.05, 4.69) is 24.0 Å². The highest BCUT2D eigenvalue weighted by Crippen LogP contribution is 2.33. The van der Waals surface area contributed by atoms with Gasteiger partial charge in [0.2, 0.25) is 0 Å². The summed E-state index contributed by atoms with van der Waals surface area (Å²) >= 11 is 1.69. The summed E-state index contributed by atoms with van der Waals surface area (Å²) in [5.74, 6) is -0.221. The molecule has 0 aromatic heterocycles. The van der Waals surface area contributed by atoms with Gasteiger partial charge in [0.05, 0.1) is 0 Å². The lowest BCUT2D eigenvalue weighted by molar-refractivity contribution is 0.628. The van der Waals surface area contributed by atoms with Crippen molar-refractivity contribution in [1.29, 1.82) is 0 Å². The van der Waals surface area contributed by atoms with E-state index in [1.807, 2.05) is 12.3 Å². The molecule has 0 fully saturated rings. The van der Waals surface area contributed by atoms with Crippen molar-refractivity contribution < 1.29 is 4.39 Å². The minimum absolute atomic E-state index is 0.221. The zero-order valence-electron chi connectivity index (χ0n) is 11.8. The number of nitrogens with two attached hydrogens (primary N) is 1. The number of nitrogens with zero attached hydrogens (tertiary/aromatic N) is 1. The van der Waals surface area contributed by atoms with Gasteiger partial charge in [-0.25, -0.2) is 4.39 Å². The SMILES string of the molecule is CCN(c1ccc(F)cc1)c1cccc(SC)c1CN. The van der Waals surface area contributed by atoms with Crippen molar-refractivity contribution in [3.05, 3.63) is 53.8 Å². The lowest BCUT2D eigenvalue weighted by atomic mass is 10.1. The second-order valence-corrected chi connectivity index (χ2v) is 5.23. The Morgan fingerprint density at radius 2 is 1.85 bits per heavy atom. The molecule has 0 saturated carbocycles. The second kappa shape index (κ2) is 6.77. The molecule has 0 bridgehead atoms. The molecule has 106 valence electrons. The number of benzene rings is 2. The Hall–Kier alpha value is -1.52. The summed E-state index contributed by atoms with van der Waals surface area (Å²) in [7, 11) is 0. The zero-order valence-corrected chi connectivity index (χ0v) is 12.6. The minimum Gasteiger partial charge on any atom is -0.341 e. The van der Waals surface area contributed by atoms with E-state index >= 15 is 0 Å². The molecule has 0 aliphatic carbocycles. The fourth-order valence-electron chi connectivity index (χ4n) is 2.32. The Morgan fingerprint density at radius 1 is 1.15 bits per heavy atom. The van der Waals surface area contributed by atoms with Crippen molar-refractivity contribution in [2.24, 2.45) is 5.73 Å². The third kappa shape index (κ3) is 2.97. The fourth-order valence-corrected chi connectivity index (χ4v) is 2.97. The van der Waals surface area contributed by atoms with Crippen molar-refractivity contribution in [2.75, 3.05) is 17.7 Å². The van der Waals surface area contributed by atoms with E-state index in [0.29, 0.717) is 6.54 Å². The number of thioether (sulfide) groups is 1. The fraction of sp³-hybridized carbons (Fsp3) is 0.250. The molecule has 2 nitrogen and oxygen atoms in total. The van der Waals surface area contributed by atoms with Crippen molar-refractivity contribution in [1.82, 2.24) is 0 Å². The van der Waals surface area contributed by atoms with Gasteiger partial charge in [-0.05, 0) is 49.6 Å². The molecular weight excluding hydrogens is 271 g/mol. The quantitative estimate of drug-likeness (QED) is 0.838. The van der Waals surface area contributed by atoms with Crippen LogP contribution >= 0.6 is 11.8 Å². The predicted octanol–water partition coefficient (Wildman–Crippen LogP) is 4.16. The molecular formula is C16H19FN2S. The average molecular weight is 290 g/mol. The second-order valence-electron chi connectivity index (χ2n) is 4.38. The van der Waals surface area contributed by atoms with Gasteiger partial charge in [-0.15, -0.1) is 11.8 Å². The van der Waals surface area contributed by atoms with Crippen LogP contribution in [0, 0.1) is 5.82 Å². The summed E-state index contributed by atoms with van der Waals surface area (Å²) in [5.41, 5.74) is 9.12. The number of hydrogen-bond donors (Lipinski definition) is 1. The highest BCUT2D eigenvalue weighted by atomic mass is 32.2. The van der Waals surface area contributed by atoms with Crippen molar-refractivity contribution >= 4 is 23.1 Å². The number of rotatable bonds is 5. The van der Waals surface area contributed by atoms with Gasteiger partial charge in [0.1, 0.15) is 5.82 Å². The van der Waals surface area contributed by atoms with Crippen molar-refractivity contribution in [2.45, 2.75) is 18.4 Å². The highest BCUT2D eigenvalue weighted by molar-refractivity contribution is 7.98. The molecule has 2 aromatic carbocycles. The van der Waals surface area contributed by atoms with Crippen LogP contribution in [0.25, 0.3) is 0 Å². The van der Waals surface area contributed by atoms with Gasteiger partial charge >= 0.3 is 0 Å². The molecule has 2 rings (SSSR count). The molecule has 2 aromatic rings. The first-order valence-corrected chi connectivity index (χ1v) is 7.82. The van der Waals surface area contributed by atoms with E-state index in [0.717, 1.165) is 23.5 Å². The number of halogens is 1. The summed E-state index contributed by atoms with van der Waals surface area (Å²) in [6.07, 6.45) is 2.05. The molecule has 0 aliphatic heterocycles. The van der Waals surface area contributed by atoms with Gasteiger partial charge in [0.15, 0.2) is 0 Å². The smallest absolute Gasteiger partial charge is 0.123 e. The maximum atomic E-state index is 13.1. The van der Waals surface area contributed by atoms with E-state index in [1.54, 1.807) is 23.9 Å². The van der Waals surface area contributed by atoms with Crippen LogP contribution in [0.2, 0.25) is 0 Å². The number of anilines is 2. The molecule has 0 aliphatic rings. The molecule has 0 amide bonds. The van der Waals surface area contributed by atoms with Crippen molar-refractivity contribution in [3.8, 4) is 0 Å². The molecule has 4 heteroatoms. The van der Waals surface area contributed by atoms with Crippen LogP contribution in [0.15, 0.2) is 47.4 Å². The predicted molar refractivity (Wildman–Crippen MR) is 85.2 cm³/mol. The highest BCUT2D eigenvalue weighted by Gasteiger charge is 2.13. The molecule has 0 unspecified atom stereocenters. The van der Waals surface area contributed by atoms with Gasteiger partial charge in [0.25, 0.3) is 0 Å². The maximum Gasteiger partial charge on any atom is 0.123 e. The van der Waals surface area contributed by atoms with E-state index in [1.165, 1.54) is 17.0 Å². The summed E-state index contributed by atoms with van der Waals surface area (Å²) in [6, 6.07) is 12.7. The third-order valence-corrected chi connectivity index (χ3v) is 4.10. The summed E-state index contributed by atoms with van der Waals surface area (Å²) in [4.78, 5) is 3.34. The molecule has 20 heavy (non-hydrogen) atoms. The lowest BCUT2D eigenvalue weighted by Crippen LogP contribution is -2.19. The first-order valence-electron chi connectivity index (χ1n) is 6.60. The van der Waals surface area contributed by atoms with Crippen molar-refractivity contribution in [3.63, 3.8) is 0 Å². The van der Waals surface area contributed by atoms with Gasteiger partial charge in [-0.2, -0.15) is 0 Å². The monoisotopic (exact) mass is 290 g/mol. The Morgan fingerprint density at radius 3 is 2.40 bits per heavy atom. The van der Waals surface area contributed by atoms with Crippen LogP contribution in [-0.2, 0) is 6.54 Å². The molecule has 0 saturated heterocycles. The Bertz CT molecular complexity index is 569. The Balaban J connectivity index is 2.49. The Kier molecular flexibility index (Phi) is 5.04. The van der Waals surface area contributed by atoms with Crippen LogP contribution < -0.4 is 10.6 Å². The van der Waals surface area contributed by atoms with Gasteiger partial charge in [0, 0.05) is 34.9 Å². The third-order valence-electron chi connectivity index (χ3n) is 3.28. The standard InChI is InChI=1S/C16H19FN2S/c1-3-19(13-9-7-12(17)8-10-13)15-5-4-6-16(20-2)14(15)11-18/h4-10H,3,11,18H2,1-2H3. The van der Waals surface area contributed by atoms with E-state index in [9.17, 15) is 4.39 Å². The first kappa shape index (κ1) is 14.9. The van der Waals surface area contributed by atoms with E-state index in [4.69, 9.17) is 5.73 Å². The molecule has 0 spiro atoms. The van der Waals surface area contributed by atoms with Gasteiger partial charge < -0.3 is 10.6 Å². The van der Waals surface area contributed by atoms with Crippen LogP contribution in [0.4, 0.5) is 15.8 Å². The maximum absolute atomic E-state index is 13.1. The summed E-state index contributed by atoms with van der Waals surface area (Å²) < 4.78 is 13.1. The topological polar surface area (TPSA) is 29.3 Å². The van der Waals surface area contributed by atoms with Crippen LogP contribution in [0.5, 0.6) is 0 Å². The van der Waals surface area contributed by atoms with Crippen LogP contribution in [0.1, 0.15) is 12.5 Å². The minimum atomic E-state index is -0.221. The Labute approximate surface area is 123 Å².